The number of nitrogens with zero attached hydrogens (tertiary/aromatic N) is 2. The molecule has 2 aliphatic rings. The molecule has 1 aromatic heterocycles. The Morgan fingerprint density at radius 2 is 1.88 bits per heavy atom. The van der Waals surface area contributed by atoms with Gasteiger partial charge in [0.25, 0.3) is 0 Å². The number of halogens is 1. The summed E-state index contributed by atoms with van der Waals surface area (Å²) in [5.41, 5.74) is 1.13. The smallest absolute Gasteiger partial charge is 0.225 e. The Morgan fingerprint density at radius 1 is 1.17 bits per heavy atom. The third-order valence-corrected chi connectivity index (χ3v) is 4.95. The first kappa shape index (κ1) is 19.0. The van der Waals surface area contributed by atoms with Gasteiger partial charge in [-0.1, -0.05) is 25.7 Å². The van der Waals surface area contributed by atoms with E-state index in [2.05, 4.69) is 26.6 Å². The van der Waals surface area contributed by atoms with E-state index in [0.717, 1.165) is 31.9 Å². The zero-order chi connectivity index (χ0) is 15.9. The Hall–Kier alpha value is -1.33. The van der Waals surface area contributed by atoms with E-state index in [-0.39, 0.29) is 18.3 Å². The second-order valence-corrected chi connectivity index (χ2v) is 6.75. The molecule has 2 fully saturated rings. The average Bonchev–Trinajstić information content (AvgIpc) is 2.85. The van der Waals surface area contributed by atoms with Crippen LogP contribution in [0.2, 0.25) is 0 Å². The second-order valence-electron chi connectivity index (χ2n) is 6.75. The van der Waals surface area contributed by atoms with Gasteiger partial charge in [-0.3, -0.25) is 4.79 Å². The molecule has 0 spiro atoms. The third-order valence-electron chi connectivity index (χ3n) is 4.95. The van der Waals surface area contributed by atoms with Crippen molar-refractivity contribution in [1.82, 2.24) is 10.3 Å². The van der Waals surface area contributed by atoms with E-state index < -0.39 is 0 Å². The quantitative estimate of drug-likeness (QED) is 0.817. The Labute approximate surface area is 151 Å². The number of aromatic nitrogens is 1. The summed E-state index contributed by atoms with van der Waals surface area (Å²) in [6.07, 6.45) is 10.1. The van der Waals surface area contributed by atoms with Crippen molar-refractivity contribution in [3.05, 3.63) is 18.3 Å². The van der Waals surface area contributed by atoms with Crippen LogP contribution in [0.25, 0.3) is 0 Å². The maximum Gasteiger partial charge on any atom is 0.225 e. The standard InChI is InChI=1S/C18H28N4O.ClH/c23-18(13-15-5-3-1-2-4-6-15)21-17-8-7-16(14-20-17)22-11-9-19-10-12-22;/h7-8,14-15,19H,1-6,9-13H2,(H,20,21,23);1H. The number of carbonyl (C=O) groups is 1. The lowest BCUT2D eigenvalue weighted by molar-refractivity contribution is -0.117. The normalized spacial score (nSPS) is 19.2. The van der Waals surface area contributed by atoms with Gasteiger partial charge in [-0.05, 0) is 30.9 Å². The highest BCUT2D eigenvalue weighted by molar-refractivity contribution is 5.90. The summed E-state index contributed by atoms with van der Waals surface area (Å²) in [6, 6.07) is 3.97. The number of amides is 1. The Kier molecular flexibility index (Phi) is 7.79. The molecule has 0 atom stereocenters. The van der Waals surface area contributed by atoms with Crippen molar-refractivity contribution >= 4 is 29.8 Å². The summed E-state index contributed by atoms with van der Waals surface area (Å²) in [5, 5.41) is 6.30. The fourth-order valence-corrected chi connectivity index (χ4v) is 3.59. The lowest BCUT2D eigenvalue weighted by atomic mass is 9.96. The first-order valence-electron chi connectivity index (χ1n) is 9.03. The highest BCUT2D eigenvalue weighted by atomic mass is 35.5. The lowest BCUT2D eigenvalue weighted by Gasteiger charge is -2.29. The van der Waals surface area contributed by atoms with Gasteiger partial charge in [0.2, 0.25) is 5.91 Å². The number of anilines is 2. The van der Waals surface area contributed by atoms with Crippen molar-refractivity contribution in [2.45, 2.75) is 44.9 Å². The molecule has 1 aliphatic heterocycles. The predicted octanol–water partition coefficient (Wildman–Crippen LogP) is 3.21. The first-order valence-corrected chi connectivity index (χ1v) is 9.03. The Balaban J connectivity index is 0.00000208. The average molecular weight is 353 g/mol. The van der Waals surface area contributed by atoms with Crippen LogP contribution in [0.1, 0.15) is 44.9 Å². The number of nitrogens with one attached hydrogen (secondary N) is 2. The van der Waals surface area contributed by atoms with Crippen molar-refractivity contribution < 1.29 is 4.79 Å². The van der Waals surface area contributed by atoms with E-state index in [1.54, 1.807) is 0 Å². The summed E-state index contributed by atoms with van der Waals surface area (Å²) < 4.78 is 0. The monoisotopic (exact) mass is 352 g/mol. The van der Waals surface area contributed by atoms with Gasteiger partial charge in [0, 0.05) is 32.6 Å². The molecule has 5 nitrogen and oxygen atoms in total. The molecule has 2 heterocycles. The molecule has 2 N–H and O–H groups in total. The van der Waals surface area contributed by atoms with Crippen LogP contribution in [-0.2, 0) is 4.79 Å². The Bertz CT molecular complexity index is 494. The number of pyridine rings is 1. The molecule has 0 radical (unpaired) electrons. The molecule has 6 heteroatoms. The van der Waals surface area contributed by atoms with Crippen LogP contribution in [0.4, 0.5) is 11.5 Å². The fourth-order valence-electron chi connectivity index (χ4n) is 3.59. The van der Waals surface area contributed by atoms with Crippen molar-refractivity contribution in [1.29, 1.82) is 0 Å². The number of hydrogen-bond donors (Lipinski definition) is 2. The first-order chi connectivity index (χ1) is 11.3. The maximum absolute atomic E-state index is 12.2. The van der Waals surface area contributed by atoms with Gasteiger partial charge >= 0.3 is 0 Å². The highest BCUT2D eigenvalue weighted by Gasteiger charge is 2.16. The molecule has 1 aliphatic carbocycles. The van der Waals surface area contributed by atoms with Gasteiger partial charge in [-0.15, -0.1) is 12.4 Å². The molecule has 0 unspecified atom stereocenters. The zero-order valence-corrected chi connectivity index (χ0v) is 15.1. The number of hydrogen-bond acceptors (Lipinski definition) is 4. The van der Waals surface area contributed by atoms with Crippen LogP contribution in [0.5, 0.6) is 0 Å². The summed E-state index contributed by atoms with van der Waals surface area (Å²) in [4.78, 5) is 18.9. The minimum absolute atomic E-state index is 0. The SMILES string of the molecule is Cl.O=C(CC1CCCCCC1)Nc1ccc(N2CCNCC2)cn1. The van der Waals surface area contributed by atoms with Gasteiger partial charge in [-0.25, -0.2) is 4.98 Å². The van der Waals surface area contributed by atoms with E-state index in [1.165, 1.54) is 38.5 Å². The van der Waals surface area contributed by atoms with Crippen LogP contribution >= 0.6 is 12.4 Å². The predicted molar refractivity (Wildman–Crippen MR) is 101 cm³/mol. The largest absolute Gasteiger partial charge is 0.368 e. The molecule has 1 saturated heterocycles. The summed E-state index contributed by atoms with van der Waals surface area (Å²) in [6.45, 7) is 4.05. The van der Waals surface area contributed by atoms with Crippen LogP contribution in [0.3, 0.4) is 0 Å². The van der Waals surface area contributed by atoms with E-state index in [9.17, 15) is 4.79 Å². The van der Waals surface area contributed by atoms with E-state index in [1.807, 2.05) is 12.3 Å². The van der Waals surface area contributed by atoms with Crippen LogP contribution in [-0.4, -0.2) is 37.1 Å². The molecule has 134 valence electrons. The number of piperazine rings is 1. The second kappa shape index (κ2) is 9.84. The van der Waals surface area contributed by atoms with Crippen LogP contribution in [0, 0.1) is 5.92 Å². The summed E-state index contributed by atoms with van der Waals surface area (Å²) in [7, 11) is 0. The van der Waals surface area contributed by atoms with E-state index in [4.69, 9.17) is 0 Å². The summed E-state index contributed by atoms with van der Waals surface area (Å²) in [5.74, 6) is 1.33. The van der Waals surface area contributed by atoms with Crippen LogP contribution < -0.4 is 15.5 Å². The van der Waals surface area contributed by atoms with Gasteiger partial charge < -0.3 is 15.5 Å². The fraction of sp³-hybridized carbons (Fsp3) is 0.667. The van der Waals surface area contributed by atoms with Gasteiger partial charge in [0.15, 0.2) is 0 Å². The van der Waals surface area contributed by atoms with E-state index >= 15 is 0 Å². The maximum atomic E-state index is 12.2. The van der Waals surface area contributed by atoms with Gasteiger partial charge in [0.05, 0.1) is 11.9 Å². The minimum Gasteiger partial charge on any atom is -0.368 e. The molecule has 1 aromatic rings. The van der Waals surface area contributed by atoms with Crippen molar-refractivity contribution in [3.8, 4) is 0 Å². The lowest BCUT2D eigenvalue weighted by Crippen LogP contribution is -2.43. The minimum atomic E-state index is 0. The third kappa shape index (κ3) is 5.64. The topological polar surface area (TPSA) is 57.3 Å². The molecule has 0 bridgehead atoms. The molecule has 3 rings (SSSR count). The zero-order valence-electron chi connectivity index (χ0n) is 14.3. The molecule has 24 heavy (non-hydrogen) atoms. The van der Waals surface area contributed by atoms with Crippen LogP contribution in [0.15, 0.2) is 18.3 Å². The van der Waals surface area contributed by atoms with E-state index in [0.29, 0.717) is 18.2 Å². The molecule has 1 saturated carbocycles. The van der Waals surface area contributed by atoms with Gasteiger partial charge in [0.1, 0.15) is 5.82 Å². The van der Waals surface area contributed by atoms with Crippen molar-refractivity contribution in [3.63, 3.8) is 0 Å². The van der Waals surface area contributed by atoms with Gasteiger partial charge in [-0.2, -0.15) is 0 Å². The molecule has 0 aromatic carbocycles. The Morgan fingerprint density at radius 3 is 2.50 bits per heavy atom. The number of carbonyl (C=O) groups excluding carboxylic acids is 1. The molecule has 1 amide bonds. The number of rotatable bonds is 4. The molecular formula is C18H29ClN4O. The van der Waals surface area contributed by atoms with Crippen molar-refractivity contribution in [2.24, 2.45) is 5.92 Å². The molecular weight excluding hydrogens is 324 g/mol. The summed E-state index contributed by atoms with van der Waals surface area (Å²) >= 11 is 0. The highest BCUT2D eigenvalue weighted by Crippen LogP contribution is 2.25. The van der Waals surface area contributed by atoms with Crippen molar-refractivity contribution in [2.75, 3.05) is 36.4 Å².